The van der Waals surface area contributed by atoms with Crippen LogP contribution in [0.5, 0.6) is 0 Å². The van der Waals surface area contributed by atoms with Gasteiger partial charge in [0, 0.05) is 11.8 Å². The van der Waals surface area contributed by atoms with E-state index in [0.29, 0.717) is 17.7 Å². The Bertz CT molecular complexity index is 1000. The Labute approximate surface area is 176 Å². The first-order valence-corrected chi connectivity index (χ1v) is 10.3. The van der Waals surface area contributed by atoms with Crippen LogP contribution in [0.2, 0.25) is 0 Å². The number of rotatable bonds is 6. The van der Waals surface area contributed by atoms with Crippen molar-refractivity contribution in [3.05, 3.63) is 59.9 Å². The minimum atomic E-state index is -4.27. The number of aryl methyl sites for hydroxylation is 2. The zero-order valence-electron chi connectivity index (χ0n) is 17.3. The molecule has 30 heavy (non-hydrogen) atoms. The number of nitrogens with one attached hydrogen (secondary N) is 1. The Kier molecular flexibility index (Phi) is 9.79. The van der Waals surface area contributed by atoms with Crippen LogP contribution in [0.3, 0.4) is 0 Å². The van der Waals surface area contributed by atoms with E-state index >= 15 is 0 Å². The van der Waals surface area contributed by atoms with Gasteiger partial charge in [-0.05, 0) is 38.5 Å². The molecule has 9 nitrogen and oxygen atoms in total. The molecule has 10 heteroatoms. The number of hydrazone groups is 1. The molecule has 0 saturated heterocycles. The molecule has 162 valence electrons. The zero-order chi connectivity index (χ0) is 22.7. The minimum Gasteiger partial charge on any atom is -0.744 e. The van der Waals surface area contributed by atoms with E-state index in [4.69, 9.17) is 0 Å². The number of benzene rings is 1. The van der Waals surface area contributed by atoms with Gasteiger partial charge in [0.1, 0.15) is 22.7 Å². The second-order valence-electron chi connectivity index (χ2n) is 6.39. The molecule has 1 aromatic heterocycles. The third-order valence-electron chi connectivity index (χ3n) is 3.78. The average molecular weight is 436 g/mol. The lowest BCUT2D eigenvalue weighted by Gasteiger charge is -2.05. The topological polar surface area (TPSA) is 129 Å². The second kappa shape index (κ2) is 11.8. The lowest BCUT2D eigenvalue weighted by atomic mass is 10.2. The van der Waals surface area contributed by atoms with Gasteiger partial charge in [-0.1, -0.05) is 17.7 Å². The standard InChI is InChI=1S/C13H17N3O3.C7H8O3S/c1-10(6-7-12(17)19-3)14-15-13(18)11-5-4-8-16(2)9-11;1-6-2-4-7(5-3-6)11(8,9)10/h4-5,8-9H,6-7H2,1-3H3;2-5H,1H3,(H,8,9,10)/b14-10-;. The summed E-state index contributed by atoms with van der Waals surface area (Å²) in [4.78, 5) is 22.5. The van der Waals surface area contributed by atoms with Gasteiger partial charge in [0.25, 0.3) is 5.91 Å². The van der Waals surface area contributed by atoms with Crippen molar-refractivity contribution in [1.29, 1.82) is 0 Å². The number of pyridine rings is 1. The van der Waals surface area contributed by atoms with Crippen LogP contribution in [0.15, 0.2) is 58.8 Å². The highest BCUT2D eigenvalue weighted by atomic mass is 32.2. The number of amides is 1. The number of esters is 1. The fourth-order valence-electron chi connectivity index (χ4n) is 2.08. The molecule has 0 aliphatic rings. The third-order valence-corrected chi connectivity index (χ3v) is 4.63. The van der Waals surface area contributed by atoms with E-state index in [0.717, 1.165) is 5.56 Å². The van der Waals surface area contributed by atoms with Crippen LogP contribution in [0.25, 0.3) is 0 Å². The Morgan fingerprint density at radius 2 is 1.80 bits per heavy atom. The van der Waals surface area contributed by atoms with Gasteiger partial charge in [0.2, 0.25) is 0 Å². The molecule has 1 aromatic carbocycles. The number of methoxy groups -OCH3 is 1. The van der Waals surface area contributed by atoms with Crippen LogP contribution in [-0.2, 0) is 26.7 Å². The number of ether oxygens (including phenoxy) is 1. The molecular formula is C20H25N3O6S. The van der Waals surface area contributed by atoms with Gasteiger partial charge in [-0.3, -0.25) is 9.59 Å². The van der Waals surface area contributed by atoms with Crippen molar-refractivity contribution in [2.24, 2.45) is 12.1 Å². The number of hydrogen-bond donors (Lipinski definition) is 1. The maximum absolute atomic E-state index is 11.8. The summed E-state index contributed by atoms with van der Waals surface area (Å²) in [7, 11) is -1.10. The quantitative estimate of drug-likeness (QED) is 0.240. The number of carbonyl (C=O) groups is 2. The fourth-order valence-corrected chi connectivity index (χ4v) is 2.55. The van der Waals surface area contributed by atoms with Gasteiger partial charge in [-0.25, -0.2) is 18.4 Å². The molecule has 0 atom stereocenters. The maximum Gasteiger partial charge on any atom is 0.305 e. The second-order valence-corrected chi connectivity index (χ2v) is 7.77. The van der Waals surface area contributed by atoms with Crippen molar-refractivity contribution in [3.63, 3.8) is 0 Å². The van der Waals surface area contributed by atoms with E-state index in [1.807, 2.05) is 20.2 Å². The highest BCUT2D eigenvalue weighted by Crippen LogP contribution is 2.08. The van der Waals surface area contributed by atoms with Gasteiger partial charge in [-0.2, -0.15) is 5.10 Å². The van der Waals surface area contributed by atoms with Crippen molar-refractivity contribution >= 4 is 27.7 Å². The largest absolute Gasteiger partial charge is 0.744 e. The summed E-state index contributed by atoms with van der Waals surface area (Å²) in [6.07, 6.45) is 4.24. The van der Waals surface area contributed by atoms with Crippen molar-refractivity contribution < 1.29 is 31.9 Å². The van der Waals surface area contributed by atoms with Crippen molar-refractivity contribution in [2.75, 3.05) is 7.11 Å². The normalized spacial score (nSPS) is 11.2. The first-order chi connectivity index (χ1) is 14.0. The number of hydrogen-bond acceptors (Lipinski definition) is 7. The molecule has 2 rings (SSSR count). The van der Waals surface area contributed by atoms with E-state index in [2.05, 4.69) is 15.3 Å². The average Bonchev–Trinajstić information content (AvgIpc) is 2.70. The smallest absolute Gasteiger partial charge is 0.305 e. The zero-order valence-corrected chi connectivity index (χ0v) is 18.1. The van der Waals surface area contributed by atoms with Gasteiger partial charge in [0.05, 0.1) is 18.4 Å². The summed E-state index contributed by atoms with van der Waals surface area (Å²) in [6.45, 7) is 3.56. The van der Waals surface area contributed by atoms with Crippen LogP contribution in [0.1, 0.15) is 35.7 Å². The van der Waals surface area contributed by atoms with E-state index < -0.39 is 10.1 Å². The molecule has 2 aromatic rings. The SMILES string of the molecule is COC(=O)CC/C(C)=N\NC(=O)c1ccc[n+](C)c1.Cc1ccc(S(=O)(=O)[O-])cc1. The number of aromatic nitrogens is 1. The Hall–Kier alpha value is -3.11. The van der Waals surface area contributed by atoms with Gasteiger partial charge in [0.15, 0.2) is 12.4 Å². The van der Waals surface area contributed by atoms with Crippen LogP contribution in [-0.4, -0.2) is 37.7 Å². The Balaban J connectivity index is 0.000000346. The highest BCUT2D eigenvalue weighted by molar-refractivity contribution is 7.85. The summed E-state index contributed by atoms with van der Waals surface area (Å²) < 4.78 is 37.5. The summed E-state index contributed by atoms with van der Waals surface area (Å²) in [6, 6.07) is 9.27. The molecule has 1 N–H and O–H groups in total. The van der Waals surface area contributed by atoms with E-state index in [-0.39, 0.29) is 23.2 Å². The van der Waals surface area contributed by atoms with Crippen LogP contribution >= 0.6 is 0 Å². The van der Waals surface area contributed by atoms with Gasteiger partial charge in [-0.15, -0.1) is 0 Å². The lowest BCUT2D eigenvalue weighted by Crippen LogP contribution is -2.30. The van der Waals surface area contributed by atoms with E-state index in [9.17, 15) is 22.6 Å². The van der Waals surface area contributed by atoms with Crippen molar-refractivity contribution in [2.45, 2.75) is 31.6 Å². The summed E-state index contributed by atoms with van der Waals surface area (Å²) in [5.74, 6) is -0.579. The van der Waals surface area contributed by atoms with Crippen LogP contribution in [0, 0.1) is 6.92 Å². The van der Waals surface area contributed by atoms with Crippen LogP contribution < -0.4 is 9.99 Å². The third kappa shape index (κ3) is 9.39. The van der Waals surface area contributed by atoms with Crippen molar-refractivity contribution in [1.82, 2.24) is 5.43 Å². The van der Waals surface area contributed by atoms with Crippen LogP contribution in [0.4, 0.5) is 0 Å². The fraction of sp³-hybridized carbons (Fsp3) is 0.300. The molecule has 0 unspecified atom stereocenters. The Morgan fingerprint density at radius 3 is 2.33 bits per heavy atom. The predicted molar refractivity (Wildman–Crippen MR) is 109 cm³/mol. The number of nitrogens with zero attached hydrogens (tertiary/aromatic N) is 2. The first-order valence-electron chi connectivity index (χ1n) is 8.91. The molecule has 0 bridgehead atoms. The maximum atomic E-state index is 11.8. The predicted octanol–water partition coefficient (Wildman–Crippen LogP) is 1.47. The highest BCUT2D eigenvalue weighted by Gasteiger charge is 2.08. The molecule has 1 amide bonds. The molecule has 0 saturated carbocycles. The monoisotopic (exact) mass is 435 g/mol. The minimum absolute atomic E-state index is 0.178. The van der Waals surface area contributed by atoms with E-state index in [1.54, 1.807) is 42.0 Å². The molecular weight excluding hydrogens is 410 g/mol. The molecule has 0 spiro atoms. The first kappa shape index (κ1) is 24.9. The molecule has 0 aliphatic heterocycles. The summed E-state index contributed by atoms with van der Waals surface area (Å²) >= 11 is 0. The lowest BCUT2D eigenvalue weighted by molar-refractivity contribution is -0.671. The van der Waals surface area contributed by atoms with Gasteiger partial charge < -0.3 is 9.29 Å². The summed E-state index contributed by atoms with van der Waals surface area (Å²) in [5.41, 5.74) is 4.57. The molecule has 0 aliphatic carbocycles. The molecule has 0 fully saturated rings. The van der Waals surface area contributed by atoms with Gasteiger partial charge >= 0.3 is 5.97 Å². The molecule has 1 heterocycles. The summed E-state index contributed by atoms with van der Waals surface area (Å²) in [5, 5.41) is 3.94. The molecule has 0 radical (unpaired) electrons. The van der Waals surface area contributed by atoms with Crippen molar-refractivity contribution in [3.8, 4) is 0 Å². The number of carbonyl (C=O) groups excluding carboxylic acids is 2. The Morgan fingerprint density at radius 1 is 1.17 bits per heavy atom. The van der Waals surface area contributed by atoms with E-state index in [1.165, 1.54) is 19.2 Å².